The Morgan fingerprint density at radius 1 is 1.17 bits per heavy atom. The van der Waals surface area contributed by atoms with Crippen LogP contribution in [0.25, 0.3) is 17.0 Å². The van der Waals surface area contributed by atoms with E-state index in [1.54, 1.807) is 12.3 Å². The van der Waals surface area contributed by atoms with Gasteiger partial charge in [0.2, 0.25) is 6.23 Å². The average Bonchev–Trinajstić information content (AvgIpc) is 3.31. The Morgan fingerprint density at radius 3 is 2.71 bits per heavy atom. The number of aliphatic imine (C=N–C) groups is 1. The van der Waals surface area contributed by atoms with Crippen LogP contribution in [0.15, 0.2) is 64.6 Å². The monoisotopic (exact) mass is 618 g/mol. The van der Waals surface area contributed by atoms with Crippen molar-refractivity contribution in [3.63, 3.8) is 0 Å². The van der Waals surface area contributed by atoms with E-state index in [1.807, 2.05) is 30.3 Å². The first-order chi connectivity index (χ1) is 20.1. The Labute approximate surface area is 246 Å². The minimum Gasteiger partial charge on any atom is -0.430 e. The molecule has 42 heavy (non-hydrogen) atoms. The molecule has 1 atom stereocenters. The molecule has 2 amide bonds. The number of aromatic nitrogens is 1. The zero-order valence-electron chi connectivity index (χ0n) is 21.6. The van der Waals surface area contributed by atoms with E-state index in [-0.39, 0.29) is 40.6 Å². The second-order valence-electron chi connectivity index (χ2n) is 9.13. The molecule has 2 aromatic carbocycles. The molecule has 3 heterocycles. The summed E-state index contributed by atoms with van der Waals surface area (Å²) in [6, 6.07) is 13.6. The Hall–Kier alpha value is -3.98. The lowest BCUT2D eigenvalue weighted by molar-refractivity contribution is -0.212. The van der Waals surface area contributed by atoms with E-state index in [2.05, 4.69) is 30.7 Å². The number of halogens is 4. The summed E-state index contributed by atoms with van der Waals surface area (Å²) in [5, 5.41) is 9.49. The number of ether oxygens (including phenoxy) is 1. The highest BCUT2D eigenvalue weighted by atomic mass is 35.5. The first-order valence-electron chi connectivity index (χ1n) is 12.5. The quantitative estimate of drug-likeness (QED) is 0.279. The van der Waals surface area contributed by atoms with Gasteiger partial charge >= 0.3 is 12.1 Å². The fourth-order valence-electron chi connectivity index (χ4n) is 4.18. The predicted molar refractivity (Wildman–Crippen MR) is 153 cm³/mol. The average molecular weight is 619 g/mol. The van der Waals surface area contributed by atoms with Gasteiger partial charge in [0.05, 0.1) is 21.1 Å². The van der Waals surface area contributed by atoms with Crippen LogP contribution in [-0.2, 0) is 19.1 Å². The molecule has 3 aromatic rings. The van der Waals surface area contributed by atoms with E-state index in [1.165, 1.54) is 23.1 Å². The van der Waals surface area contributed by atoms with Crippen molar-refractivity contribution in [3.8, 4) is 0 Å². The maximum atomic E-state index is 13.0. The molecular formula is C27H22ClF3N6O4S. The number of nitrogens with zero attached hydrogens (tertiary/aromatic N) is 3. The van der Waals surface area contributed by atoms with Gasteiger partial charge in [0.15, 0.2) is 5.17 Å². The highest BCUT2D eigenvalue weighted by Gasteiger charge is 2.44. The number of benzene rings is 2. The van der Waals surface area contributed by atoms with Gasteiger partial charge in [-0.2, -0.15) is 13.2 Å². The summed E-state index contributed by atoms with van der Waals surface area (Å²) >= 11 is 7.39. The Balaban J connectivity index is 1.33. The summed E-state index contributed by atoms with van der Waals surface area (Å²) in [4.78, 5) is 47.5. The molecule has 1 aromatic heterocycles. The summed E-state index contributed by atoms with van der Waals surface area (Å²) in [6.07, 6.45) is -3.66. The highest BCUT2D eigenvalue weighted by Crippen LogP contribution is 2.33. The van der Waals surface area contributed by atoms with Gasteiger partial charge in [-0.3, -0.25) is 19.5 Å². The molecule has 2 saturated heterocycles. The number of carbonyl (C=O) groups is 3. The van der Waals surface area contributed by atoms with E-state index in [0.717, 1.165) is 28.2 Å². The molecule has 1 unspecified atom stereocenters. The van der Waals surface area contributed by atoms with Crippen LogP contribution in [-0.4, -0.2) is 71.4 Å². The van der Waals surface area contributed by atoms with E-state index in [0.29, 0.717) is 18.0 Å². The number of hydrogen-bond acceptors (Lipinski definition) is 9. The molecule has 2 fully saturated rings. The van der Waals surface area contributed by atoms with Crippen molar-refractivity contribution in [1.82, 2.24) is 20.5 Å². The molecule has 15 heteroatoms. The molecule has 0 radical (unpaired) electrons. The van der Waals surface area contributed by atoms with Gasteiger partial charge in [-0.15, -0.1) is 0 Å². The smallest absolute Gasteiger partial charge is 0.430 e. The van der Waals surface area contributed by atoms with Crippen LogP contribution in [0.1, 0.15) is 5.56 Å². The lowest BCUT2D eigenvalue weighted by atomic mass is 10.1. The van der Waals surface area contributed by atoms with Gasteiger partial charge in [-0.1, -0.05) is 23.7 Å². The van der Waals surface area contributed by atoms with Crippen molar-refractivity contribution in [2.24, 2.45) is 4.99 Å². The number of rotatable bonds is 6. The topological polar surface area (TPSA) is 125 Å². The molecule has 3 N–H and O–H groups in total. The number of nitrogens with one attached hydrogen (secondary N) is 3. The van der Waals surface area contributed by atoms with Crippen LogP contribution < -0.4 is 16.0 Å². The summed E-state index contributed by atoms with van der Waals surface area (Å²) in [5.74, 6) is -3.81. The number of pyridine rings is 1. The van der Waals surface area contributed by atoms with Crippen molar-refractivity contribution < 1.29 is 32.3 Å². The predicted octanol–water partition coefficient (Wildman–Crippen LogP) is 4.06. The summed E-state index contributed by atoms with van der Waals surface area (Å²) in [5.41, 5.74) is 1.94. The van der Waals surface area contributed by atoms with Crippen molar-refractivity contribution >= 4 is 74.7 Å². The molecule has 2 aliphatic rings. The number of anilines is 1. The number of piperazine rings is 1. The normalized spacial score (nSPS) is 18.7. The van der Waals surface area contributed by atoms with Crippen molar-refractivity contribution in [1.29, 1.82) is 0 Å². The largest absolute Gasteiger partial charge is 0.490 e. The molecule has 0 saturated carbocycles. The Bertz CT molecular complexity index is 1610. The lowest BCUT2D eigenvalue weighted by Gasteiger charge is -2.33. The fourth-order valence-corrected chi connectivity index (χ4v) is 5.18. The van der Waals surface area contributed by atoms with Crippen molar-refractivity contribution in [2.75, 3.05) is 31.5 Å². The third-order valence-corrected chi connectivity index (χ3v) is 7.40. The molecule has 2 aliphatic heterocycles. The highest BCUT2D eigenvalue weighted by molar-refractivity contribution is 8.18. The van der Waals surface area contributed by atoms with Gasteiger partial charge in [-0.05, 0) is 59.8 Å². The molecule has 10 nitrogen and oxygen atoms in total. The van der Waals surface area contributed by atoms with Crippen LogP contribution in [0.4, 0.5) is 24.5 Å². The summed E-state index contributed by atoms with van der Waals surface area (Å²) in [6.45, 7) is 1.17. The molecular weight excluding hydrogens is 597 g/mol. The SMILES string of the molecule is O=C1NC(=Nc2cc(NC(=O)C(OC(=O)C(F)(F)F)N3CCNCC3)ccc2Cl)SC1=Cc1ccc2ncccc2c1. The molecule has 0 aliphatic carbocycles. The Morgan fingerprint density at radius 2 is 1.95 bits per heavy atom. The van der Waals surface area contributed by atoms with E-state index in [9.17, 15) is 27.6 Å². The van der Waals surface area contributed by atoms with Gasteiger partial charge in [0, 0.05) is 43.4 Å². The van der Waals surface area contributed by atoms with E-state index < -0.39 is 24.3 Å². The minimum absolute atomic E-state index is 0.141. The maximum absolute atomic E-state index is 13.0. The number of amides is 2. The van der Waals surface area contributed by atoms with Crippen LogP contribution in [0.3, 0.4) is 0 Å². The maximum Gasteiger partial charge on any atom is 0.490 e. The molecule has 218 valence electrons. The standard InChI is InChI=1S/C27H22ClF3N6O4S/c28-18-5-4-17(34-23(39)24(37-10-8-32-9-11-37)41-25(40)27(29,30)31)14-20(18)35-26-36-22(38)21(42-26)13-15-3-6-19-16(12-15)2-1-7-33-19/h1-7,12-14,24,32H,8-11H2,(H,34,39)(H,35,36,38). The van der Waals surface area contributed by atoms with Crippen LogP contribution >= 0.6 is 23.4 Å². The van der Waals surface area contributed by atoms with Gasteiger partial charge in [0.25, 0.3) is 11.8 Å². The van der Waals surface area contributed by atoms with Crippen LogP contribution in [0.2, 0.25) is 5.02 Å². The number of esters is 1. The summed E-state index contributed by atoms with van der Waals surface area (Å²) in [7, 11) is 0. The molecule has 0 spiro atoms. The molecule has 5 rings (SSSR count). The van der Waals surface area contributed by atoms with Gasteiger partial charge in [-0.25, -0.2) is 9.79 Å². The van der Waals surface area contributed by atoms with E-state index in [4.69, 9.17) is 11.6 Å². The fraction of sp³-hybridized carbons (Fsp3) is 0.222. The van der Waals surface area contributed by atoms with Crippen molar-refractivity contribution in [3.05, 3.63) is 70.2 Å². The zero-order valence-corrected chi connectivity index (χ0v) is 23.1. The van der Waals surface area contributed by atoms with Crippen LogP contribution in [0.5, 0.6) is 0 Å². The van der Waals surface area contributed by atoms with Crippen LogP contribution in [0, 0.1) is 0 Å². The van der Waals surface area contributed by atoms with Crippen molar-refractivity contribution in [2.45, 2.75) is 12.4 Å². The number of fused-ring (bicyclic) bond motifs is 1. The number of thioether (sulfide) groups is 1. The van der Waals surface area contributed by atoms with Gasteiger partial charge < -0.3 is 20.7 Å². The first-order valence-corrected chi connectivity index (χ1v) is 13.7. The second-order valence-corrected chi connectivity index (χ2v) is 10.6. The van der Waals surface area contributed by atoms with Gasteiger partial charge in [0.1, 0.15) is 0 Å². The number of amidine groups is 1. The first kappa shape index (κ1) is 29.5. The summed E-state index contributed by atoms with van der Waals surface area (Å²) < 4.78 is 43.2. The molecule has 0 bridgehead atoms. The Kier molecular flexibility index (Phi) is 8.77. The zero-order chi connectivity index (χ0) is 29.9. The third kappa shape index (κ3) is 7.07. The third-order valence-electron chi connectivity index (χ3n) is 6.17. The second kappa shape index (κ2) is 12.5. The lowest BCUT2D eigenvalue weighted by Crippen LogP contribution is -2.55. The number of alkyl halides is 3. The number of hydrogen-bond donors (Lipinski definition) is 3. The van der Waals surface area contributed by atoms with E-state index >= 15 is 0 Å². The minimum atomic E-state index is -5.27. The number of carbonyl (C=O) groups excluding carboxylic acids is 3.